The second-order valence-corrected chi connectivity index (χ2v) is 5.32. The molecule has 7 heteroatoms. The minimum absolute atomic E-state index is 0.388. The van der Waals surface area contributed by atoms with Crippen LogP contribution in [0.4, 0.5) is 0 Å². The lowest BCUT2D eigenvalue weighted by molar-refractivity contribution is -0.244. The van der Waals surface area contributed by atoms with Gasteiger partial charge < -0.3 is 30.1 Å². The third kappa shape index (κ3) is 3.56. The van der Waals surface area contributed by atoms with Gasteiger partial charge in [-0.1, -0.05) is 18.2 Å². The van der Waals surface area contributed by atoms with Gasteiger partial charge in [-0.3, -0.25) is 4.79 Å². The van der Waals surface area contributed by atoms with E-state index in [1.807, 2.05) is 19.1 Å². The van der Waals surface area contributed by atoms with Crippen LogP contribution in [-0.4, -0.2) is 58.5 Å². The summed E-state index contributed by atoms with van der Waals surface area (Å²) in [6.45, 7) is 2.67. The molecule has 0 unspecified atom stereocenters. The summed E-state index contributed by atoms with van der Waals surface area (Å²) in [5.74, 6) is 0.142. The molecule has 0 aromatic heterocycles. The van der Waals surface area contributed by atoms with E-state index < -0.39 is 37.3 Å². The molecule has 0 aliphatic carbocycles. The fourth-order valence-corrected chi connectivity index (χ4v) is 2.38. The molecule has 5 atom stereocenters. The van der Waals surface area contributed by atoms with E-state index in [2.05, 4.69) is 5.32 Å². The van der Waals surface area contributed by atoms with Gasteiger partial charge in [-0.05, 0) is 18.6 Å². The Balaban J connectivity index is 2.23. The van der Waals surface area contributed by atoms with Crippen molar-refractivity contribution in [3.8, 4) is 5.75 Å². The van der Waals surface area contributed by atoms with E-state index in [-0.39, 0.29) is 5.91 Å². The fourth-order valence-electron chi connectivity index (χ4n) is 2.38. The molecule has 0 radical (unpaired) electrons. The van der Waals surface area contributed by atoms with Gasteiger partial charge in [0, 0.05) is 6.92 Å². The Morgan fingerprint density at radius 3 is 2.59 bits per heavy atom. The quantitative estimate of drug-likeness (QED) is 0.587. The van der Waals surface area contributed by atoms with Crippen molar-refractivity contribution in [1.29, 1.82) is 0 Å². The first-order valence-electron chi connectivity index (χ1n) is 7.06. The predicted octanol–water partition coefficient (Wildman–Crippen LogP) is -0.682. The molecule has 0 bridgehead atoms. The molecule has 7 nitrogen and oxygen atoms in total. The predicted molar refractivity (Wildman–Crippen MR) is 77.2 cm³/mol. The number of aliphatic hydroxyl groups excluding tert-OH is 3. The van der Waals surface area contributed by atoms with Crippen LogP contribution in [-0.2, 0) is 9.53 Å². The number of hydrogen-bond donors (Lipinski definition) is 4. The number of aliphatic hydroxyl groups is 3. The fraction of sp³-hybridized carbons (Fsp3) is 0.533. The first-order valence-corrected chi connectivity index (χ1v) is 7.06. The van der Waals surface area contributed by atoms with Gasteiger partial charge in [0.15, 0.2) is 0 Å². The lowest BCUT2D eigenvalue weighted by atomic mass is 9.97. The number of nitrogens with one attached hydrogen (secondary N) is 1. The van der Waals surface area contributed by atoms with E-state index in [9.17, 15) is 20.1 Å². The van der Waals surface area contributed by atoms with Gasteiger partial charge in [-0.25, -0.2) is 0 Å². The number of hydrogen-bond acceptors (Lipinski definition) is 6. The van der Waals surface area contributed by atoms with E-state index in [1.165, 1.54) is 6.92 Å². The number of amides is 1. The Morgan fingerprint density at radius 1 is 1.32 bits per heavy atom. The van der Waals surface area contributed by atoms with Crippen molar-refractivity contribution in [3.63, 3.8) is 0 Å². The van der Waals surface area contributed by atoms with Crippen LogP contribution in [0.1, 0.15) is 12.5 Å². The number of carbonyl (C=O) groups is 1. The summed E-state index contributed by atoms with van der Waals surface area (Å²) in [4.78, 5) is 11.3. The van der Waals surface area contributed by atoms with Gasteiger partial charge in [0.1, 0.15) is 30.1 Å². The number of aryl methyl sites for hydroxylation is 1. The molecule has 2 rings (SSSR count). The maximum Gasteiger partial charge on any atom is 0.223 e. The smallest absolute Gasteiger partial charge is 0.223 e. The summed E-state index contributed by atoms with van der Waals surface area (Å²) in [7, 11) is 0. The van der Waals surface area contributed by atoms with Crippen LogP contribution in [0.25, 0.3) is 0 Å². The zero-order valence-electron chi connectivity index (χ0n) is 12.5. The Morgan fingerprint density at radius 2 is 2.00 bits per heavy atom. The van der Waals surface area contributed by atoms with E-state index in [0.29, 0.717) is 5.75 Å². The molecular formula is C15H21NO6. The van der Waals surface area contributed by atoms with Crippen molar-refractivity contribution in [2.75, 3.05) is 6.61 Å². The Kier molecular flexibility index (Phi) is 5.36. The summed E-state index contributed by atoms with van der Waals surface area (Å²) < 4.78 is 11.2. The lowest BCUT2D eigenvalue weighted by Gasteiger charge is -2.42. The molecule has 1 aromatic carbocycles. The lowest BCUT2D eigenvalue weighted by Crippen LogP contribution is -2.65. The summed E-state index contributed by atoms with van der Waals surface area (Å²) in [5, 5.41) is 31.8. The molecule has 4 N–H and O–H groups in total. The highest BCUT2D eigenvalue weighted by molar-refractivity contribution is 5.73. The number of para-hydroxylation sites is 1. The molecule has 1 amide bonds. The Labute approximate surface area is 128 Å². The monoisotopic (exact) mass is 311 g/mol. The molecule has 1 heterocycles. The van der Waals surface area contributed by atoms with Crippen molar-refractivity contribution < 1.29 is 29.6 Å². The second kappa shape index (κ2) is 7.06. The zero-order valence-corrected chi connectivity index (χ0v) is 12.5. The largest absolute Gasteiger partial charge is 0.462 e. The van der Waals surface area contributed by atoms with E-state index in [4.69, 9.17) is 9.47 Å². The van der Waals surface area contributed by atoms with Crippen molar-refractivity contribution >= 4 is 5.91 Å². The van der Waals surface area contributed by atoms with E-state index in [0.717, 1.165) is 5.56 Å². The molecule has 0 spiro atoms. The van der Waals surface area contributed by atoms with Gasteiger partial charge >= 0.3 is 0 Å². The van der Waals surface area contributed by atoms with Crippen LogP contribution in [0, 0.1) is 6.92 Å². The summed E-state index contributed by atoms with van der Waals surface area (Å²) >= 11 is 0. The second-order valence-electron chi connectivity index (χ2n) is 5.32. The van der Waals surface area contributed by atoms with Gasteiger partial charge in [-0.15, -0.1) is 0 Å². The van der Waals surface area contributed by atoms with Crippen LogP contribution in [0.15, 0.2) is 24.3 Å². The molecule has 0 saturated carbocycles. The molecule has 1 fully saturated rings. The molecular weight excluding hydrogens is 290 g/mol. The standard InChI is InChI=1S/C15H21NO6/c1-8-5-3-4-6-10(8)21-15-12(16-9(2)18)14(20)13(19)11(7-17)22-15/h3-6,11-15,17,19-20H,7H2,1-2H3,(H,16,18)/t11-,12+,13+,14-,15-/m1/s1. The minimum Gasteiger partial charge on any atom is -0.462 e. The summed E-state index contributed by atoms with van der Waals surface area (Å²) in [6, 6.07) is 6.27. The number of rotatable bonds is 4. The molecule has 1 aromatic rings. The normalized spacial score (nSPS) is 31.6. The first-order chi connectivity index (χ1) is 10.4. The number of carbonyl (C=O) groups excluding carboxylic acids is 1. The molecule has 1 aliphatic heterocycles. The number of benzene rings is 1. The SMILES string of the molecule is CC(=O)N[C@@H]1[C@H](Oc2ccccc2C)O[C@H](CO)[C@H](O)[C@@H]1O. The summed E-state index contributed by atoms with van der Waals surface area (Å²) in [5.41, 5.74) is 0.855. The average Bonchev–Trinajstić information content (AvgIpc) is 2.48. The highest BCUT2D eigenvalue weighted by Gasteiger charge is 2.46. The van der Waals surface area contributed by atoms with Gasteiger partial charge in [0.25, 0.3) is 0 Å². The van der Waals surface area contributed by atoms with Crippen molar-refractivity contribution in [2.45, 2.75) is 44.5 Å². The topological polar surface area (TPSA) is 108 Å². The minimum atomic E-state index is -1.32. The van der Waals surface area contributed by atoms with Crippen LogP contribution in [0.3, 0.4) is 0 Å². The molecule has 1 saturated heterocycles. The maximum atomic E-state index is 11.3. The van der Waals surface area contributed by atoms with Crippen LogP contribution in [0.5, 0.6) is 5.75 Å². The first kappa shape index (κ1) is 16.7. The molecule has 22 heavy (non-hydrogen) atoms. The third-order valence-corrected chi connectivity index (χ3v) is 3.59. The highest BCUT2D eigenvalue weighted by atomic mass is 16.7. The third-order valence-electron chi connectivity index (χ3n) is 3.59. The zero-order chi connectivity index (χ0) is 16.3. The van der Waals surface area contributed by atoms with E-state index in [1.54, 1.807) is 12.1 Å². The average molecular weight is 311 g/mol. The van der Waals surface area contributed by atoms with Gasteiger partial charge in [0.05, 0.1) is 6.61 Å². The van der Waals surface area contributed by atoms with Gasteiger partial charge in [-0.2, -0.15) is 0 Å². The van der Waals surface area contributed by atoms with Crippen molar-refractivity contribution in [3.05, 3.63) is 29.8 Å². The highest BCUT2D eigenvalue weighted by Crippen LogP contribution is 2.26. The Hall–Kier alpha value is -1.67. The summed E-state index contributed by atoms with van der Waals surface area (Å²) in [6.07, 6.45) is -4.66. The molecule has 122 valence electrons. The van der Waals surface area contributed by atoms with Crippen LogP contribution < -0.4 is 10.1 Å². The van der Waals surface area contributed by atoms with Crippen molar-refractivity contribution in [1.82, 2.24) is 5.32 Å². The Bertz CT molecular complexity index is 523. The number of ether oxygens (including phenoxy) is 2. The van der Waals surface area contributed by atoms with Crippen molar-refractivity contribution in [2.24, 2.45) is 0 Å². The van der Waals surface area contributed by atoms with Crippen LogP contribution in [0.2, 0.25) is 0 Å². The van der Waals surface area contributed by atoms with E-state index >= 15 is 0 Å². The van der Waals surface area contributed by atoms with Gasteiger partial charge in [0.2, 0.25) is 12.2 Å². The maximum absolute atomic E-state index is 11.3. The molecule has 1 aliphatic rings. The van der Waals surface area contributed by atoms with Crippen LogP contribution >= 0.6 is 0 Å².